The molecule has 0 bridgehead atoms. The van der Waals surface area contributed by atoms with Crippen LogP contribution in [-0.2, 0) is 11.2 Å². The predicted octanol–water partition coefficient (Wildman–Crippen LogP) is 1.43. The summed E-state index contributed by atoms with van der Waals surface area (Å²) in [6, 6.07) is 5.79. The minimum absolute atomic E-state index is 0.280. The monoisotopic (exact) mass is 211 g/mol. The van der Waals surface area contributed by atoms with Crippen molar-refractivity contribution in [3.8, 4) is 0 Å². The molecule has 0 aliphatic carbocycles. The van der Waals surface area contributed by atoms with Gasteiger partial charge in [0, 0.05) is 0 Å². The summed E-state index contributed by atoms with van der Waals surface area (Å²) in [6.07, 6.45) is 0.803. The maximum Gasteiger partial charge on any atom is 0.320 e. The number of aliphatic carboxylic acids is 1. The molecule has 0 aromatic heterocycles. The van der Waals surface area contributed by atoms with Gasteiger partial charge in [-0.1, -0.05) is 18.2 Å². The number of hydrogen-bond acceptors (Lipinski definition) is 2. The van der Waals surface area contributed by atoms with Crippen LogP contribution >= 0.6 is 0 Å². The van der Waals surface area contributed by atoms with Gasteiger partial charge in [-0.2, -0.15) is 0 Å². The summed E-state index contributed by atoms with van der Waals surface area (Å²) in [5, 5.41) is 11.4. The topological polar surface area (TPSA) is 49.3 Å². The third-order valence-corrected chi connectivity index (χ3v) is 2.31. The minimum Gasteiger partial charge on any atom is -0.480 e. The van der Waals surface area contributed by atoms with E-state index < -0.39 is 12.0 Å². The summed E-state index contributed by atoms with van der Waals surface area (Å²) in [4.78, 5) is 10.7. The lowest BCUT2D eigenvalue weighted by Gasteiger charge is -2.10. The number of benzene rings is 1. The first-order valence-electron chi connectivity index (χ1n) is 4.78. The molecule has 0 heterocycles. The van der Waals surface area contributed by atoms with Crippen LogP contribution in [0, 0.1) is 5.82 Å². The predicted molar refractivity (Wildman–Crippen MR) is 55.2 cm³/mol. The van der Waals surface area contributed by atoms with Crippen LogP contribution in [-0.4, -0.2) is 24.2 Å². The van der Waals surface area contributed by atoms with Gasteiger partial charge in [0.05, 0.1) is 0 Å². The molecule has 15 heavy (non-hydrogen) atoms. The molecule has 1 rings (SSSR count). The van der Waals surface area contributed by atoms with Gasteiger partial charge in [-0.3, -0.25) is 4.79 Å². The van der Waals surface area contributed by atoms with Crippen molar-refractivity contribution in [1.29, 1.82) is 0 Å². The van der Waals surface area contributed by atoms with E-state index >= 15 is 0 Å². The highest BCUT2D eigenvalue weighted by Crippen LogP contribution is 2.10. The van der Waals surface area contributed by atoms with Gasteiger partial charge in [0.15, 0.2) is 0 Å². The number of halogens is 1. The summed E-state index contributed by atoms with van der Waals surface area (Å²) < 4.78 is 13.2. The van der Waals surface area contributed by atoms with Crippen LogP contribution in [0.3, 0.4) is 0 Å². The number of aryl methyl sites for hydroxylation is 1. The van der Waals surface area contributed by atoms with E-state index in [-0.39, 0.29) is 5.82 Å². The van der Waals surface area contributed by atoms with Crippen LogP contribution in [0.4, 0.5) is 4.39 Å². The first kappa shape index (κ1) is 11.7. The van der Waals surface area contributed by atoms with E-state index in [0.29, 0.717) is 18.4 Å². The number of rotatable bonds is 5. The number of carbonyl (C=O) groups is 1. The zero-order valence-electron chi connectivity index (χ0n) is 8.53. The molecule has 1 aromatic carbocycles. The van der Waals surface area contributed by atoms with E-state index in [1.807, 2.05) is 0 Å². The molecule has 0 unspecified atom stereocenters. The SMILES string of the molecule is CN[C@@H](CCc1ccccc1F)C(=O)O. The second kappa shape index (κ2) is 5.46. The third kappa shape index (κ3) is 3.32. The van der Waals surface area contributed by atoms with Crippen molar-refractivity contribution in [3.05, 3.63) is 35.6 Å². The average molecular weight is 211 g/mol. The van der Waals surface area contributed by atoms with Crippen molar-refractivity contribution >= 4 is 5.97 Å². The van der Waals surface area contributed by atoms with E-state index in [9.17, 15) is 9.18 Å². The zero-order chi connectivity index (χ0) is 11.3. The smallest absolute Gasteiger partial charge is 0.320 e. The first-order chi connectivity index (χ1) is 7.15. The fourth-order valence-corrected chi connectivity index (χ4v) is 1.39. The lowest BCUT2D eigenvalue weighted by atomic mass is 10.1. The van der Waals surface area contributed by atoms with Crippen molar-refractivity contribution in [2.45, 2.75) is 18.9 Å². The Morgan fingerprint density at radius 3 is 2.73 bits per heavy atom. The van der Waals surface area contributed by atoms with Gasteiger partial charge in [-0.05, 0) is 31.5 Å². The van der Waals surface area contributed by atoms with Crippen molar-refractivity contribution < 1.29 is 14.3 Å². The van der Waals surface area contributed by atoms with Crippen molar-refractivity contribution in [2.24, 2.45) is 0 Å². The molecule has 2 N–H and O–H groups in total. The maximum absolute atomic E-state index is 13.2. The Bertz CT molecular complexity index is 341. The van der Waals surface area contributed by atoms with Crippen molar-refractivity contribution in [1.82, 2.24) is 5.32 Å². The van der Waals surface area contributed by atoms with Gasteiger partial charge in [-0.15, -0.1) is 0 Å². The van der Waals surface area contributed by atoms with Crippen LogP contribution < -0.4 is 5.32 Å². The highest BCUT2D eigenvalue weighted by Gasteiger charge is 2.14. The molecule has 0 aliphatic rings. The van der Waals surface area contributed by atoms with Gasteiger partial charge in [0.1, 0.15) is 11.9 Å². The Hall–Kier alpha value is -1.42. The van der Waals surface area contributed by atoms with Gasteiger partial charge in [-0.25, -0.2) is 4.39 Å². The Kier molecular flexibility index (Phi) is 4.24. The highest BCUT2D eigenvalue weighted by molar-refractivity contribution is 5.73. The van der Waals surface area contributed by atoms with E-state index in [2.05, 4.69) is 5.32 Å². The lowest BCUT2D eigenvalue weighted by Crippen LogP contribution is -2.34. The van der Waals surface area contributed by atoms with Crippen LogP contribution in [0.5, 0.6) is 0 Å². The number of carboxylic acids is 1. The number of likely N-dealkylation sites (N-methyl/N-ethyl adjacent to an activating group) is 1. The summed E-state index contributed by atoms with van der Waals surface area (Å²) in [6.45, 7) is 0. The Balaban J connectivity index is 2.56. The summed E-state index contributed by atoms with van der Waals surface area (Å²) in [7, 11) is 1.58. The fourth-order valence-electron chi connectivity index (χ4n) is 1.39. The molecule has 0 saturated carbocycles. The maximum atomic E-state index is 13.2. The normalized spacial score (nSPS) is 12.4. The first-order valence-corrected chi connectivity index (χ1v) is 4.78. The van der Waals surface area contributed by atoms with Crippen molar-refractivity contribution in [3.63, 3.8) is 0 Å². The zero-order valence-corrected chi connectivity index (χ0v) is 8.53. The van der Waals surface area contributed by atoms with Crippen LogP contribution in [0.25, 0.3) is 0 Å². The third-order valence-electron chi connectivity index (χ3n) is 2.31. The van der Waals surface area contributed by atoms with Gasteiger partial charge >= 0.3 is 5.97 Å². The van der Waals surface area contributed by atoms with Gasteiger partial charge < -0.3 is 10.4 Å². The standard InChI is InChI=1S/C11H14FNO2/c1-13-10(11(14)15)7-6-8-4-2-3-5-9(8)12/h2-5,10,13H,6-7H2,1H3,(H,14,15)/t10-/m0/s1. The molecule has 0 spiro atoms. The van der Waals surface area contributed by atoms with E-state index in [0.717, 1.165) is 0 Å². The van der Waals surface area contributed by atoms with Crippen LogP contribution in [0.15, 0.2) is 24.3 Å². The molecular weight excluding hydrogens is 197 g/mol. The Morgan fingerprint density at radius 2 is 2.20 bits per heavy atom. The number of nitrogens with one attached hydrogen (secondary N) is 1. The average Bonchev–Trinajstić information content (AvgIpc) is 2.21. The molecular formula is C11H14FNO2. The molecule has 0 saturated heterocycles. The summed E-state index contributed by atoms with van der Waals surface area (Å²) in [5.41, 5.74) is 0.555. The molecule has 82 valence electrons. The summed E-state index contributed by atoms with van der Waals surface area (Å²) in [5.74, 6) is -1.19. The van der Waals surface area contributed by atoms with Gasteiger partial charge in [0.2, 0.25) is 0 Å². The molecule has 0 amide bonds. The number of hydrogen-bond donors (Lipinski definition) is 2. The molecule has 0 aliphatic heterocycles. The van der Waals surface area contributed by atoms with E-state index in [1.165, 1.54) is 6.07 Å². The van der Waals surface area contributed by atoms with E-state index in [4.69, 9.17) is 5.11 Å². The molecule has 1 aromatic rings. The number of carboxylic acid groups (broad SMARTS) is 1. The van der Waals surface area contributed by atoms with Crippen LogP contribution in [0.1, 0.15) is 12.0 Å². The molecule has 0 radical (unpaired) electrons. The molecule has 4 heteroatoms. The van der Waals surface area contributed by atoms with Crippen LogP contribution in [0.2, 0.25) is 0 Å². The lowest BCUT2D eigenvalue weighted by molar-refractivity contribution is -0.139. The minimum atomic E-state index is -0.908. The van der Waals surface area contributed by atoms with Gasteiger partial charge in [0.25, 0.3) is 0 Å². The van der Waals surface area contributed by atoms with E-state index in [1.54, 1.807) is 25.2 Å². The second-order valence-corrected chi connectivity index (χ2v) is 3.31. The quantitative estimate of drug-likeness (QED) is 0.774. The second-order valence-electron chi connectivity index (χ2n) is 3.31. The highest BCUT2D eigenvalue weighted by atomic mass is 19.1. The summed E-state index contributed by atoms with van der Waals surface area (Å²) >= 11 is 0. The molecule has 0 fully saturated rings. The van der Waals surface area contributed by atoms with Crippen molar-refractivity contribution in [2.75, 3.05) is 7.05 Å². The largest absolute Gasteiger partial charge is 0.480 e. The molecule has 1 atom stereocenters. The Morgan fingerprint density at radius 1 is 1.53 bits per heavy atom. The molecule has 3 nitrogen and oxygen atoms in total. The Labute approximate surface area is 87.9 Å². The fraction of sp³-hybridized carbons (Fsp3) is 0.364.